The molecule has 1 aromatic rings. The third-order valence-electron chi connectivity index (χ3n) is 2.45. The van der Waals surface area contributed by atoms with Crippen LogP contribution in [0.4, 0.5) is 0 Å². The Balaban J connectivity index is 0.000000688. The molecular weight excluding hydrogens is 296 g/mol. The molecule has 0 aromatic heterocycles. The van der Waals surface area contributed by atoms with E-state index in [1.54, 1.807) is 0 Å². The predicted octanol–water partition coefficient (Wildman–Crippen LogP) is 2.83. The van der Waals surface area contributed by atoms with Gasteiger partial charge < -0.3 is 14.9 Å². The standard InChI is InChI=1S/C14H16O3.C4H6O2/c1-12(14(16)17-11-10-15)6-5-9-13-7-3-2-4-8-13;1-3(2)4(5)6/h2-5,7-9,15H,1,6,10-11H2;1H2,2H3,(H,5,6). The molecule has 0 atom stereocenters. The van der Waals surface area contributed by atoms with E-state index >= 15 is 0 Å². The molecule has 1 rings (SSSR count). The minimum atomic E-state index is -0.935. The number of aliphatic carboxylic acids is 1. The van der Waals surface area contributed by atoms with E-state index < -0.39 is 11.9 Å². The van der Waals surface area contributed by atoms with Gasteiger partial charge in [0, 0.05) is 11.1 Å². The van der Waals surface area contributed by atoms with Gasteiger partial charge in [-0.1, -0.05) is 55.6 Å². The van der Waals surface area contributed by atoms with Gasteiger partial charge in [0.15, 0.2) is 0 Å². The fourth-order valence-electron chi connectivity index (χ4n) is 1.23. The van der Waals surface area contributed by atoms with Crippen molar-refractivity contribution in [2.45, 2.75) is 13.3 Å². The lowest BCUT2D eigenvalue weighted by atomic mass is 10.1. The monoisotopic (exact) mass is 318 g/mol. The van der Waals surface area contributed by atoms with E-state index in [4.69, 9.17) is 14.9 Å². The number of benzene rings is 1. The van der Waals surface area contributed by atoms with E-state index in [9.17, 15) is 9.59 Å². The molecular formula is C18H22O5. The zero-order valence-corrected chi connectivity index (χ0v) is 13.2. The summed E-state index contributed by atoms with van der Waals surface area (Å²) in [6.07, 6.45) is 4.22. The van der Waals surface area contributed by atoms with Gasteiger partial charge in [-0.15, -0.1) is 0 Å². The van der Waals surface area contributed by atoms with Crippen molar-refractivity contribution in [2.24, 2.45) is 0 Å². The Bertz CT molecular complexity index is 546. The molecule has 0 aliphatic heterocycles. The van der Waals surface area contributed by atoms with Crippen LogP contribution in [-0.2, 0) is 14.3 Å². The molecule has 0 aliphatic rings. The van der Waals surface area contributed by atoms with Crippen molar-refractivity contribution < 1.29 is 24.5 Å². The summed E-state index contributed by atoms with van der Waals surface area (Å²) < 4.78 is 4.73. The van der Waals surface area contributed by atoms with Crippen LogP contribution < -0.4 is 0 Å². The second kappa shape index (κ2) is 11.9. The highest BCUT2D eigenvalue weighted by molar-refractivity contribution is 5.88. The first-order valence-electron chi connectivity index (χ1n) is 6.94. The number of carboxylic acids is 1. The first-order chi connectivity index (χ1) is 10.9. The van der Waals surface area contributed by atoms with Gasteiger partial charge in [0.25, 0.3) is 0 Å². The molecule has 1 aromatic carbocycles. The Morgan fingerprint density at radius 1 is 1.22 bits per heavy atom. The van der Waals surface area contributed by atoms with Gasteiger partial charge in [0.05, 0.1) is 6.61 Å². The molecule has 0 amide bonds. The molecule has 124 valence electrons. The van der Waals surface area contributed by atoms with E-state index in [1.165, 1.54) is 6.92 Å². The Kier molecular flexibility index (Phi) is 10.6. The van der Waals surface area contributed by atoms with Crippen LogP contribution in [0, 0.1) is 0 Å². The third kappa shape index (κ3) is 10.7. The molecule has 5 nitrogen and oxygen atoms in total. The molecule has 5 heteroatoms. The first kappa shape index (κ1) is 20.3. The van der Waals surface area contributed by atoms with Crippen molar-refractivity contribution >= 4 is 18.0 Å². The number of hydrogen-bond acceptors (Lipinski definition) is 4. The maximum atomic E-state index is 11.3. The summed E-state index contributed by atoms with van der Waals surface area (Å²) in [6.45, 7) is 8.08. The molecule has 0 saturated carbocycles. The Hall–Kier alpha value is -2.66. The summed E-state index contributed by atoms with van der Waals surface area (Å²) in [6, 6.07) is 9.79. The number of aliphatic hydroxyl groups is 1. The molecule has 0 spiro atoms. The van der Waals surface area contributed by atoms with Crippen molar-refractivity contribution in [2.75, 3.05) is 13.2 Å². The smallest absolute Gasteiger partial charge is 0.333 e. The van der Waals surface area contributed by atoms with E-state index in [-0.39, 0.29) is 18.8 Å². The summed E-state index contributed by atoms with van der Waals surface area (Å²) in [4.78, 5) is 20.9. The minimum Gasteiger partial charge on any atom is -0.478 e. The number of esters is 1. The molecule has 0 radical (unpaired) electrons. The van der Waals surface area contributed by atoms with E-state index in [2.05, 4.69) is 13.2 Å². The molecule has 0 heterocycles. The molecule has 0 aliphatic carbocycles. The highest BCUT2D eigenvalue weighted by Gasteiger charge is 2.05. The summed E-state index contributed by atoms with van der Waals surface area (Å²) in [7, 11) is 0. The van der Waals surface area contributed by atoms with Gasteiger partial charge in [-0.25, -0.2) is 9.59 Å². The fourth-order valence-corrected chi connectivity index (χ4v) is 1.23. The second-order valence-electron chi connectivity index (χ2n) is 4.57. The van der Waals surface area contributed by atoms with Crippen LogP contribution in [0.5, 0.6) is 0 Å². The van der Waals surface area contributed by atoms with Gasteiger partial charge in [-0.2, -0.15) is 0 Å². The topological polar surface area (TPSA) is 83.8 Å². The van der Waals surface area contributed by atoms with Crippen molar-refractivity contribution in [3.05, 3.63) is 66.3 Å². The van der Waals surface area contributed by atoms with Crippen LogP contribution >= 0.6 is 0 Å². The Morgan fingerprint density at radius 3 is 2.26 bits per heavy atom. The molecule has 23 heavy (non-hydrogen) atoms. The number of ether oxygens (including phenoxy) is 1. The maximum Gasteiger partial charge on any atom is 0.333 e. The van der Waals surface area contributed by atoms with Gasteiger partial charge in [0.2, 0.25) is 0 Å². The predicted molar refractivity (Wildman–Crippen MR) is 89.7 cm³/mol. The van der Waals surface area contributed by atoms with Gasteiger partial charge in [-0.05, 0) is 18.9 Å². The SMILES string of the molecule is C=C(C)C(=O)O.C=C(CC=Cc1ccccc1)C(=O)OCCO. The summed E-state index contributed by atoms with van der Waals surface area (Å²) >= 11 is 0. The van der Waals surface area contributed by atoms with Crippen molar-refractivity contribution in [1.82, 2.24) is 0 Å². The van der Waals surface area contributed by atoms with E-state index in [0.717, 1.165) is 5.56 Å². The molecule has 2 N–H and O–H groups in total. The van der Waals surface area contributed by atoms with Crippen LogP contribution in [0.2, 0.25) is 0 Å². The normalized spacial score (nSPS) is 9.65. The lowest BCUT2D eigenvalue weighted by Gasteiger charge is -2.02. The number of carbonyl (C=O) groups is 2. The Morgan fingerprint density at radius 2 is 1.78 bits per heavy atom. The van der Waals surface area contributed by atoms with E-state index in [0.29, 0.717) is 12.0 Å². The third-order valence-corrected chi connectivity index (χ3v) is 2.45. The number of hydrogen-bond donors (Lipinski definition) is 2. The second-order valence-corrected chi connectivity index (χ2v) is 4.57. The van der Waals surface area contributed by atoms with Gasteiger partial charge >= 0.3 is 11.9 Å². The highest BCUT2D eigenvalue weighted by Crippen LogP contribution is 2.06. The number of carboxylic acid groups (broad SMARTS) is 1. The average molecular weight is 318 g/mol. The lowest BCUT2D eigenvalue weighted by Crippen LogP contribution is -2.09. The summed E-state index contributed by atoms with van der Waals surface area (Å²) in [5, 5.41) is 16.4. The quantitative estimate of drug-likeness (QED) is 0.596. The number of allylic oxidation sites excluding steroid dienone is 1. The number of aliphatic hydroxyl groups excluding tert-OH is 1. The fraction of sp³-hybridized carbons (Fsp3) is 0.222. The zero-order chi connectivity index (χ0) is 17.7. The van der Waals surface area contributed by atoms with Crippen LogP contribution in [0.3, 0.4) is 0 Å². The molecule has 0 saturated heterocycles. The van der Waals surface area contributed by atoms with Gasteiger partial charge in [0.1, 0.15) is 6.61 Å². The van der Waals surface area contributed by atoms with Crippen LogP contribution in [-0.4, -0.2) is 35.4 Å². The van der Waals surface area contributed by atoms with Crippen LogP contribution in [0.15, 0.2) is 60.7 Å². The van der Waals surface area contributed by atoms with Crippen molar-refractivity contribution in [1.29, 1.82) is 0 Å². The lowest BCUT2D eigenvalue weighted by molar-refractivity contribution is -0.140. The van der Waals surface area contributed by atoms with Crippen LogP contribution in [0.1, 0.15) is 18.9 Å². The highest BCUT2D eigenvalue weighted by atomic mass is 16.5. The molecule has 0 unspecified atom stereocenters. The Labute approximate surface area is 136 Å². The summed E-state index contributed by atoms with van der Waals surface area (Å²) in [5.41, 5.74) is 1.63. The largest absolute Gasteiger partial charge is 0.478 e. The zero-order valence-electron chi connectivity index (χ0n) is 13.2. The maximum absolute atomic E-state index is 11.3. The number of rotatable bonds is 7. The minimum absolute atomic E-state index is 0.0141. The number of carbonyl (C=O) groups excluding carboxylic acids is 1. The first-order valence-corrected chi connectivity index (χ1v) is 6.94. The van der Waals surface area contributed by atoms with Crippen molar-refractivity contribution in [3.8, 4) is 0 Å². The van der Waals surface area contributed by atoms with Gasteiger partial charge in [-0.3, -0.25) is 0 Å². The average Bonchev–Trinajstić information content (AvgIpc) is 2.54. The summed E-state index contributed by atoms with van der Waals surface area (Å²) in [5.74, 6) is -1.40. The van der Waals surface area contributed by atoms with Crippen LogP contribution in [0.25, 0.3) is 6.08 Å². The molecule has 0 fully saturated rings. The van der Waals surface area contributed by atoms with E-state index in [1.807, 2.05) is 42.5 Å². The van der Waals surface area contributed by atoms with Crippen molar-refractivity contribution in [3.63, 3.8) is 0 Å². The molecule has 0 bridgehead atoms.